The molecular formula is C17H18N2O3S. The maximum Gasteiger partial charge on any atom is 0.329 e. The van der Waals surface area contributed by atoms with Gasteiger partial charge in [-0.05, 0) is 55.4 Å². The minimum Gasteiger partial charge on any atom is -0.456 e. The number of urea groups is 1. The molecule has 0 spiro atoms. The number of carbonyl (C=O) groups is 1. The van der Waals surface area contributed by atoms with Crippen molar-refractivity contribution < 1.29 is 14.3 Å². The lowest BCUT2D eigenvalue weighted by molar-refractivity contribution is 0.150. The number of hydrogen-bond donors (Lipinski definition) is 3. The first-order valence-corrected chi connectivity index (χ1v) is 8.62. The first-order valence-electron chi connectivity index (χ1n) is 7.80. The van der Waals surface area contributed by atoms with Gasteiger partial charge in [0.2, 0.25) is 0 Å². The number of furan rings is 1. The van der Waals surface area contributed by atoms with Gasteiger partial charge in [0.25, 0.3) is 0 Å². The molecule has 1 heterocycles. The number of amides is 2. The average Bonchev–Trinajstić information content (AvgIpc) is 2.97. The van der Waals surface area contributed by atoms with Gasteiger partial charge in [-0.2, -0.15) is 0 Å². The summed E-state index contributed by atoms with van der Waals surface area (Å²) in [6.07, 6.45) is 6.33. The number of anilines is 1. The molecule has 0 bridgehead atoms. The highest BCUT2D eigenvalue weighted by molar-refractivity contribution is 7.97. The number of benzene rings is 1. The van der Waals surface area contributed by atoms with Crippen molar-refractivity contribution in [3.63, 3.8) is 0 Å². The fraction of sp³-hybridized carbons (Fsp3) is 0.353. The molecule has 23 heavy (non-hydrogen) atoms. The Balaban J connectivity index is 1.36. The zero-order valence-corrected chi connectivity index (χ0v) is 13.4. The lowest BCUT2D eigenvalue weighted by Crippen LogP contribution is -2.23. The van der Waals surface area contributed by atoms with Crippen molar-refractivity contribution in [1.82, 2.24) is 4.72 Å². The Morgan fingerprint density at radius 1 is 1.30 bits per heavy atom. The Morgan fingerprint density at radius 3 is 3.00 bits per heavy atom. The first-order chi connectivity index (χ1) is 11.1. The summed E-state index contributed by atoms with van der Waals surface area (Å²) in [6.45, 7) is 0. The standard InChI is InChI=1S/C17H18N2O3S/c20-16(18-14-6-2-4-11-3-1-5-13(11)14)19-23-15-9-12(10-22-15)17(21)7-8-17/h2,4,6,9-10,21H,1,3,5,7-8H2,(H2,18,19,20). The van der Waals surface area contributed by atoms with Gasteiger partial charge in [0, 0.05) is 23.2 Å². The highest BCUT2D eigenvalue weighted by atomic mass is 32.2. The summed E-state index contributed by atoms with van der Waals surface area (Å²) in [7, 11) is 0. The topological polar surface area (TPSA) is 74.5 Å². The quantitative estimate of drug-likeness (QED) is 0.749. The molecule has 120 valence electrons. The molecule has 4 rings (SSSR count). The second kappa shape index (κ2) is 5.62. The smallest absolute Gasteiger partial charge is 0.329 e. The van der Waals surface area contributed by atoms with Gasteiger partial charge in [-0.1, -0.05) is 12.1 Å². The van der Waals surface area contributed by atoms with Crippen LogP contribution in [0.2, 0.25) is 0 Å². The number of rotatable bonds is 4. The van der Waals surface area contributed by atoms with Crippen molar-refractivity contribution in [3.8, 4) is 0 Å². The predicted octanol–water partition coefficient (Wildman–Crippen LogP) is 3.58. The van der Waals surface area contributed by atoms with Crippen LogP contribution < -0.4 is 10.0 Å². The molecule has 1 aromatic heterocycles. The molecule has 0 unspecified atom stereocenters. The summed E-state index contributed by atoms with van der Waals surface area (Å²) in [5.41, 5.74) is 3.51. The van der Waals surface area contributed by atoms with E-state index in [0.29, 0.717) is 5.09 Å². The van der Waals surface area contributed by atoms with E-state index in [9.17, 15) is 9.90 Å². The SMILES string of the molecule is O=C(NSc1cc(C2(O)CC2)co1)Nc1cccc2c1CCC2. The van der Waals surface area contributed by atoms with Crippen LogP contribution in [0.5, 0.6) is 0 Å². The highest BCUT2D eigenvalue weighted by Crippen LogP contribution is 2.46. The minimum atomic E-state index is -0.713. The van der Waals surface area contributed by atoms with E-state index in [-0.39, 0.29) is 6.03 Å². The van der Waals surface area contributed by atoms with Crippen LogP contribution in [-0.2, 0) is 18.4 Å². The zero-order chi connectivity index (χ0) is 15.9. The molecule has 1 fully saturated rings. The molecule has 1 aromatic carbocycles. The third-order valence-corrected chi connectivity index (χ3v) is 5.18. The molecule has 1 saturated carbocycles. The number of aliphatic hydroxyl groups is 1. The fourth-order valence-electron chi connectivity index (χ4n) is 3.00. The van der Waals surface area contributed by atoms with Gasteiger partial charge in [-0.3, -0.25) is 4.72 Å². The molecule has 2 aliphatic rings. The third kappa shape index (κ3) is 2.96. The number of aryl methyl sites for hydroxylation is 1. The molecule has 6 heteroatoms. The van der Waals surface area contributed by atoms with Crippen LogP contribution in [0.3, 0.4) is 0 Å². The zero-order valence-electron chi connectivity index (χ0n) is 12.6. The Hall–Kier alpha value is -1.92. The number of hydrogen-bond acceptors (Lipinski definition) is 4. The molecule has 2 aromatic rings. The number of carbonyl (C=O) groups excluding carboxylic acids is 1. The Kier molecular flexibility index (Phi) is 3.58. The molecule has 2 aliphatic carbocycles. The van der Waals surface area contributed by atoms with Crippen molar-refractivity contribution >= 4 is 23.7 Å². The van der Waals surface area contributed by atoms with E-state index in [4.69, 9.17) is 4.42 Å². The van der Waals surface area contributed by atoms with E-state index in [1.54, 1.807) is 12.3 Å². The number of nitrogens with one attached hydrogen (secondary N) is 2. The summed E-state index contributed by atoms with van der Waals surface area (Å²) in [5.74, 6) is 0. The molecule has 2 amide bonds. The monoisotopic (exact) mass is 330 g/mol. The second-order valence-electron chi connectivity index (χ2n) is 6.14. The molecule has 0 saturated heterocycles. The van der Waals surface area contributed by atoms with Crippen molar-refractivity contribution in [2.75, 3.05) is 5.32 Å². The van der Waals surface area contributed by atoms with Gasteiger partial charge in [-0.15, -0.1) is 0 Å². The van der Waals surface area contributed by atoms with Gasteiger partial charge < -0.3 is 14.8 Å². The van der Waals surface area contributed by atoms with Crippen molar-refractivity contribution in [2.24, 2.45) is 0 Å². The normalized spacial score (nSPS) is 17.6. The van der Waals surface area contributed by atoms with Crippen LogP contribution in [0, 0.1) is 0 Å². The van der Waals surface area contributed by atoms with Crippen LogP contribution in [0.4, 0.5) is 10.5 Å². The Morgan fingerprint density at radius 2 is 2.17 bits per heavy atom. The average molecular weight is 330 g/mol. The van der Waals surface area contributed by atoms with Crippen molar-refractivity contribution in [3.05, 3.63) is 47.2 Å². The minimum absolute atomic E-state index is 0.279. The Bertz CT molecular complexity index is 752. The van der Waals surface area contributed by atoms with E-state index in [2.05, 4.69) is 16.1 Å². The predicted molar refractivity (Wildman–Crippen MR) is 88.3 cm³/mol. The molecule has 0 aliphatic heterocycles. The van der Waals surface area contributed by atoms with Crippen LogP contribution >= 0.6 is 11.9 Å². The molecule has 0 radical (unpaired) electrons. The highest BCUT2D eigenvalue weighted by Gasteiger charge is 2.43. The molecule has 0 atom stereocenters. The van der Waals surface area contributed by atoms with Crippen molar-refractivity contribution in [2.45, 2.75) is 42.8 Å². The van der Waals surface area contributed by atoms with Gasteiger partial charge in [0.1, 0.15) is 0 Å². The van der Waals surface area contributed by atoms with E-state index in [0.717, 1.165) is 55.3 Å². The van der Waals surface area contributed by atoms with Crippen LogP contribution in [-0.4, -0.2) is 11.1 Å². The van der Waals surface area contributed by atoms with Crippen LogP contribution in [0.15, 0.2) is 40.0 Å². The molecular weight excluding hydrogens is 312 g/mol. The van der Waals surface area contributed by atoms with Crippen molar-refractivity contribution in [1.29, 1.82) is 0 Å². The molecule has 5 nitrogen and oxygen atoms in total. The van der Waals surface area contributed by atoms with E-state index in [1.807, 2.05) is 12.1 Å². The summed E-state index contributed by atoms with van der Waals surface area (Å²) >= 11 is 1.11. The summed E-state index contributed by atoms with van der Waals surface area (Å²) in [4.78, 5) is 12.1. The van der Waals surface area contributed by atoms with Gasteiger partial charge in [-0.25, -0.2) is 4.79 Å². The number of fused-ring (bicyclic) bond motifs is 1. The fourth-order valence-corrected chi connectivity index (χ4v) is 3.53. The van der Waals surface area contributed by atoms with E-state index in [1.165, 1.54) is 11.1 Å². The van der Waals surface area contributed by atoms with Crippen LogP contribution in [0.25, 0.3) is 0 Å². The van der Waals surface area contributed by atoms with Gasteiger partial charge in [0.15, 0.2) is 5.09 Å². The summed E-state index contributed by atoms with van der Waals surface area (Å²) < 4.78 is 8.08. The van der Waals surface area contributed by atoms with Gasteiger partial charge >= 0.3 is 6.03 Å². The largest absolute Gasteiger partial charge is 0.456 e. The van der Waals surface area contributed by atoms with E-state index >= 15 is 0 Å². The summed E-state index contributed by atoms with van der Waals surface area (Å²) in [6, 6.07) is 7.52. The maximum atomic E-state index is 12.1. The first kappa shape index (κ1) is 14.7. The summed E-state index contributed by atoms with van der Waals surface area (Å²) in [5, 5.41) is 13.5. The maximum absolute atomic E-state index is 12.1. The second-order valence-corrected chi connectivity index (χ2v) is 6.95. The van der Waals surface area contributed by atoms with Crippen LogP contribution in [0.1, 0.15) is 36.0 Å². The third-order valence-electron chi connectivity index (χ3n) is 4.47. The lowest BCUT2D eigenvalue weighted by atomic mass is 10.1. The van der Waals surface area contributed by atoms with E-state index < -0.39 is 5.60 Å². The lowest BCUT2D eigenvalue weighted by Gasteiger charge is -2.10. The molecule has 3 N–H and O–H groups in total. The van der Waals surface area contributed by atoms with Gasteiger partial charge in [0.05, 0.1) is 11.9 Å². The Labute approximate surface area is 138 Å².